The highest BCUT2D eigenvalue weighted by Crippen LogP contribution is 2.08. The van der Waals surface area contributed by atoms with E-state index < -0.39 is 0 Å². The number of nitrogens with zero attached hydrogens (tertiary/aromatic N) is 1. The maximum absolute atomic E-state index is 5.58. The molecule has 0 fully saturated rings. The third-order valence-electron chi connectivity index (χ3n) is 2.77. The molecule has 3 heteroatoms. The first-order valence-electron chi connectivity index (χ1n) is 5.51. The quantitative estimate of drug-likeness (QED) is 0.676. The van der Waals surface area contributed by atoms with E-state index in [4.69, 9.17) is 5.73 Å². The number of hydrogen-bond acceptors (Lipinski definition) is 3. The standard InChI is InChI=1S/C11H26N2S/c1-10(8-12)6-5-7-13(3)11(2)9-14-4/h10-11H,5-9,12H2,1-4H3. The highest BCUT2D eigenvalue weighted by Gasteiger charge is 2.08. The Bertz CT molecular complexity index is 130. The van der Waals surface area contributed by atoms with Crippen molar-refractivity contribution in [2.24, 2.45) is 11.7 Å². The van der Waals surface area contributed by atoms with Crippen molar-refractivity contribution in [3.05, 3.63) is 0 Å². The topological polar surface area (TPSA) is 29.3 Å². The molecule has 0 aromatic heterocycles. The van der Waals surface area contributed by atoms with Gasteiger partial charge in [0.15, 0.2) is 0 Å². The van der Waals surface area contributed by atoms with Gasteiger partial charge in [0.2, 0.25) is 0 Å². The van der Waals surface area contributed by atoms with Crippen molar-refractivity contribution >= 4 is 11.8 Å². The van der Waals surface area contributed by atoms with Crippen LogP contribution >= 0.6 is 11.8 Å². The zero-order valence-electron chi connectivity index (χ0n) is 10.1. The molecule has 0 spiro atoms. The van der Waals surface area contributed by atoms with E-state index in [0.29, 0.717) is 12.0 Å². The molecule has 0 aromatic carbocycles. The van der Waals surface area contributed by atoms with Crippen LogP contribution in [-0.2, 0) is 0 Å². The van der Waals surface area contributed by atoms with Crippen molar-refractivity contribution < 1.29 is 0 Å². The van der Waals surface area contributed by atoms with Gasteiger partial charge in [0.1, 0.15) is 0 Å². The average molecular weight is 218 g/mol. The molecule has 2 N–H and O–H groups in total. The normalized spacial score (nSPS) is 15.9. The van der Waals surface area contributed by atoms with E-state index in [0.717, 1.165) is 6.54 Å². The molecule has 0 amide bonds. The fourth-order valence-corrected chi connectivity index (χ4v) is 2.13. The van der Waals surface area contributed by atoms with Gasteiger partial charge in [0.05, 0.1) is 0 Å². The third kappa shape index (κ3) is 6.68. The Morgan fingerprint density at radius 2 is 2.00 bits per heavy atom. The van der Waals surface area contributed by atoms with Gasteiger partial charge in [-0.2, -0.15) is 11.8 Å². The van der Waals surface area contributed by atoms with E-state index in [1.165, 1.54) is 25.1 Å². The van der Waals surface area contributed by atoms with Crippen LogP contribution in [0.15, 0.2) is 0 Å². The summed E-state index contributed by atoms with van der Waals surface area (Å²) in [5.41, 5.74) is 5.58. The summed E-state index contributed by atoms with van der Waals surface area (Å²) < 4.78 is 0. The van der Waals surface area contributed by atoms with Crippen LogP contribution in [0.4, 0.5) is 0 Å². The van der Waals surface area contributed by atoms with Crippen LogP contribution < -0.4 is 5.73 Å². The van der Waals surface area contributed by atoms with Gasteiger partial charge in [-0.3, -0.25) is 0 Å². The van der Waals surface area contributed by atoms with Crippen LogP contribution in [-0.4, -0.2) is 43.1 Å². The van der Waals surface area contributed by atoms with Gasteiger partial charge in [-0.15, -0.1) is 0 Å². The second-order valence-corrected chi connectivity index (χ2v) is 5.18. The minimum Gasteiger partial charge on any atom is -0.330 e. The maximum atomic E-state index is 5.58. The number of rotatable bonds is 8. The maximum Gasteiger partial charge on any atom is 0.0154 e. The smallest absolute Gasteiger partial charge is 0.0154 e. The summed E-state index contributed by atoms with van der Waals surface area (Å²) in [6.45, 7) is 6.55. The van der Waals surface area contributed by atoms with Crippen LogP contribution in [0.2, 0.25) is 0 Å². The van der Waals surface area contributed by atoms with Gasteiger partial charge < -0.3 is 10.6 Å². The molecule has 14 heavy (non-hydrogen) atoms. The molecule has 2 atom stereocenters. The first-order valence-corrected chi connectivity index (χ1v) is 6.90. The Labute approximate surface area is 93.6 Å². The molecule has 86 valence electrons. The lowest BCUT2D eigenvalue weighted by atomic mass is 10.1. The Balaban J connectivity index is 3.47. The molecule has 0 saturated heterocycles. The van der Waals surface area contributed by atoms with E-state index >= 15 is 0 Å². The second-order valence-electron chi connectivity index (χ2n) is 4.27. The Kier molecular flexibility index (Phi) is 8.73. The Hall–Kier alpha value is 0.270. The first-order chi connectivity index (χ1) is 6.61. The lowest BCUT2D eigenvalue weighted by molar-refractivity contribution is 0.266. The van der Waals surface area contributed by atoms with Gasteiger partial charge in [-0.1, -0.05) is 6.92 Å². The van der Waals surface area contributed by atoms with Crippen molar-refractivity contribution in [3.63, 3.8) is 0 Å². The molecular formula is C11H26N2S. The number of thioether (sulfide) groups is 1. The van der Waals surface area contributed by atoms with Crippen LogP contribution in [0.25, 0.3) is 0 Å². The summed E-state index contributed by atoms with van der Waals surface area (Å²) in [7, 11) is 2.22. The summed E-state index contributed by atoms with van der Waals surface area (Å²) in [5.74, 6) is 1.91. The summed E-state index contributed by atoms with van der Waals surface area (Å²) in [4.78, 5) is 2.44. The van der Waals surface area contributed by atoms with Crippen molar-refractivity contribution in [2.75, 3.05) is 32.1 Å². The molecule has 2 unspecified atom stereocenters. The van der Waals surface area contributed by atoms with E-state index in [-0.39, 0.29) is 0 Å². The predicted molar refractivity (Wildman–Crippen MR) is 67.9 cm³/mol. The van der Waals surface area contributed by atoms with Crippen LogP contribution in [0, 0.1) is 5.92 Å². The summed E-state index contributed by atoms with van der Waals surface area (Å²) >= 11 is 1.92. The minimum atomic E-state index is 0.680. The average Bonchev–Trinajstić information content (AvgIpc) is 2.17. The van der Waals surface area contributed by atoms with Gasteiger partial charge in [-0.05, 0) is 52.1 Å². The zero-order valence-corrected chi connectivity index (χ0v) is 10.9. The fraction of sp³-hybridized carbons (Fsp3) is 1.00. The van der Waals surface area contributed by atoms with Crippen molar-refractivity contribution in [3.8, 4) is 0 Å². The first kappa shape index (κ1) is 14.3. The zero-order chi connectivity index (χ0) is 11.0. The summed E-state index contributed by atoms with van der Waals surface area (Å²) in [6.07, 6.45) is 4.70. The molecular weight excluding hydrogens is 192 g/mol. The van der Waals surface area contributed by atoms with Gasteiger partial charge in [0.25, 0.3) is 0 Å². The fourth-order valence-electron chi connectivity index (χ4n) is 1.40. The minimum absolute atomic E-state index is 0.680. The number of hydrogen-bond donors (Lipinski definition) is 1. The molecule has 2 nitrogen and oxygen atoms in total. The molecule has 0 bridgehead atoms. The Morgan fingerprint density at radius 1 is 1.36 bits per heavy atom. The molecule has 0 radical (unpaired) electrons. The largest absolute Gasteiger partial charge is 0.330 e. The third-order valence-corrected chi connectivity index (χ3v) is 3.59. The molecule has 0 aromatic rings. The van der Waals surface area contributed by atoms with Gasteiger partial charge in [0, 0.05) is 11.8 Å². The van der Waals surface area contributed by atoms with Crippen LogP contribution in [0.3, 0.4) is 0 Å². The molecule has 0 aliphatic heterocycles. The van der Waals surface area contributed by atoms with Crippen molar-refractivity contribution in [1.29, 1.82) is 0 Å². The van der Waals surface area contributed by atoms with Gasteiger partial charge in [-0.25, -0.2) is 0 Å². The van der Waals surface area contributed by atoms with Crippen molar-refractivity contribution in [1.82, 2.24) is 4.90 Å². The molecule has 0 heterocycles. The number of nitrogens with two attached hydrogens (primary N) is 1. The highest BCUT2D eigenvalue weighted by atomic mass is 32.2. The van der Waals surface area contributed by atoms with E-state index in [9.17, 15) is 0 Å². The molecule has 0 rings (SSSR count). The van der Waals surface area contributed by atoms with Crippen LogP contribution in [0.1, 0.15) is 26.7 Å². The molecule has 0 aliphatic carbocycles. The predicted octanol–water partition coefficient (Wildman–Crippen LogP) is 2.04. The molecule has 0 aliphatic rings. The SMILES string of the molecule is CSCC(C)N(C)CCCC(C)CN. The monoisotopic (exact) mass is 218 g/mol. The van der Waals surface area contributed by atoms with Crippen molar-refractivity contribution in [2.45, 2.75) is 32.7 Å². The Morgan fingerprint density at radius 3 is 2.50 bits per heavy atom. The van der Waals surface area contributed by atoms with Gasteiger partial charge >= 0.3 is 0 Å². The van der Waals surface area contributed by atoms with E-state index in [1.807, 2.05) is 11.8 Å². The summed E-state index contributed by atoms with van der Waals surface area (Å²) in [6, 6.07) is 0.693. The lowest BCUT2D eigenvalue weighted by Crippen LogP contribution is -2.32. The lowest BCUT2D eigenvalue weighted by Gasteiger charge is -2.24. The molecule has 0 saturated carbocycles. The summed E-state index contributed by atoms with van der Waals surface area (Å²) in [5, 5.41) is 0. The second kappa shape index (κ2) is 8.57. The highest BCUT2D eigenvalue weighted by molar-refractivity contribution is 7.98. The van der Waals surface area contributed by atoms with Crippen LogP contribution in [0.5, 0.6) is 0 Å². The van der Waals surface area contributed by atoms with E-state index in [2.05, 4.69) is 32.1 Å². The van der Waals surface area contributed by atoms with E-state index in [1.54, 1.807) is 0 Å².